The van der Waals surface area contributed by atoms with Crippen LogP contribution in [0.2, 0.25) is 0 Å². The molecule has 0 fully saturated rings. The Morgan fingerprint density at radius 3 is 1.10 bits per heavy atom. The molecule has 115 heavy (non-hydrogen) atoms. The molecule has 18 rings (SSSR count). The fourth-order valence-corrected chi connectivity index (χ4v) is 19.2. The van der Waals surface area contributed by atoms with E-state index >= 15 is 52.7 Å². The Kier molecular flexibility index (Phi) is 17.4. The highest BCUT2D eigenvalue weighted by molar-refractivity contribution is 5.92. The van der Waals surface area contributed by atoms with Crippen molar-refractivity contribution in [1.29, 1.82) is 0 Å². The van der Waals surface area contributed by atoms with Crippen molar-refractivity contribution < 1.29 is 62.2 Å². The Balaban J connectivity index is 0.824. The maximum atomic E-state index is 17.6. The SMILES string of the molecule is C=Cc1ccc(Oc2ccc(C3(c4ccc(F)cc4)c4ccccc4-c4ccc(N(c5ccc6c(c5)C5(CC6(C)C)CC(C)(C)c6ccc(N(c7ccc8c(c7)C(c7ccc(F)cc7)(c7ccc(Oc9ccc(C=C)cc9)cc7)c7ccccc7-8)C7C(F)=C(F)C(F)=C(F)C7F)cc65)c5c(F)c(F)c(F)c(F)c5F)cc43)cc2)cc1. The number of hydrogen-bond donors (Lipinski definition) is 0. The molecule has 0 saturated heterocycles. The van der Waals surface area contributed by atoms with E-state index < -0.39 is 109 Å². The second kappa shape index (κ2) is 27.2. The van der Waals surface area contributed by atoms with Crippen LogP contribution in [0.3, 0.4) is 0 Å². The molecule has 0 saturated carbocycles. The molecule has 1 spiro atoms. The van der Waals surface area contributed by atoms with Gasteiger partial charge in [0, 0.05) is 28.2 Å². The van der Waals surface area contributed by atoms with Gasteiger partial charge in [-0.3, -0.25) is 0 Å². The minimum absolute atomic E-state index is 0.0106. The first-order chi connectivity index (χ1) is 55.3. The molecule has 5 atom stereocenters. The number of hydrogen-bond acceptors (Lipinski definition) is 4. The number of alkyl halides is 1. The number of rotatable bonds is 16. The summed E-state index contributed by atoms with van der Waals surface area (Å²) in [6.07, 6.45) is 0.826. The zero-order valence-electron chi connectivity index (χ0n) is 62.3. The van der Waals surface area contributed by atoms with Crippen LogP contribution in [0.15, 0.2) is 303 Å². The fraction of sp³-hybridized carbons (Fsp3) is 0.131. The van der Waals surface area contributed by atoms with Crippen LogP contribution in [0.25, 0.3) is 34.4 Å². The number of halogens is 12. The molecule has 0 N–H and O–H groups in total. The lowest BCUT2D eigenvalue weighted by atomic mass is 9.67. The summed E-state index contributed by atoms with van der Waals surface area (Å²) in [5, 5.41) is 0. The van der Waals surface area contributed by atoms with Gasteiger partial charge in [0.1, 0.15) is 46.4 Å². The van der Waals surface area contributed by atoms with Crippen LogP contribution in [0.1, 0.15) is 118 Å². The summed E-state index contributed by atoms with van der Waals surface area (Å²) < 4.78 is 210. The average Bonchev–Trinajstić information content (AvgIpc) is 1.54. The van der Waals surface area contributed by atoms with Crippen LogP contribution in [-0.2, 0) is 27.1 Å². The van der Waals surface area contributed by atoms with Crippen molar-refractivity contribution in [1.82, 2.24) is 0 Å². The number of nitrogens with zero attached hydrogens (tertiary/aromatic N) is 2. The van der Waals surface area contributed by atoms with E-state index in [1.54, 1.807) is 152 Å². The van der Waals surface area contributed by atoms with Gasteiger partial charge in [-0.25, -0.2) is 52.7 Å². The second-order valence-corrected chi connectivity index (χ2v) is 31.3. The van der Waals surface area contributed by atoms with Crippen LogP contribution < -0.4 is 19.3 Å². The highest BCUT2D eigenvalue weighted by Gasteiger charge is 2.58. The van der Waals surface area contributed by atoms with Gasteiger partial charge in [0.15, 0.2) is 52.7 Å². The van der Waals surface area contributed by atoms with Gasteiger partial charge in [-0.05, 0) is 245 Å². The van der Waals surface area contributed by atoms with Crippen LogP contribution >= 0.6 is 0 Å². The third-order valence-corrected chi connectivity index (χ3v) is 24.0. The summed E-state index contributed by atoms with van der Waals surface area (Å²) in [6, 6.07) is 73.4. The topological polar surface area (TPSA) is 24.9 Å². The quantitative estimate of drug-likeness (QED) is 0.0547. The van der Waals surface area contributed by atoms with Crippen LogP contribution in [-0.4, -0.2) is 12.2 Å². The molecule has 16 heteroatoms. The second-order valence-electron chi connectivity index (χ2n) is 31.3. The molecular weight excluding hydrogens is 1480 g/mol. The van der Waals surface area contributed by atoms with Crippen molar-refractivity contribution in [3.05, 3.63) is 422 Å². The number of fused-ring (bicyclic) bond motifs is 10. The molecule has 0 radical (unpaired) electrons. The van der Waals surface area contributed by atoms with Gasteiger partial charge in [-0.2, -0.15) is 0 Å². The molecule has 0 aromatic heterocycles. The Morgan fingerprint density at radius 1 is 0.339 bits per heavy atom. The maximum Gasteiger partial charge on any atom is 0.200 e. The molecule has 4 nitrogen and oxygen atoms in total. The predicted molar refractivity (Wildman–Crippen MR) is 427 cm³/mol. The van der Waals surface area contributed by atoms with Gasteiger partial charge in [-0.1, -0.05) is 199 Å². The van der Waals surface area contributed by atoms with Crippen LogP contribution in [0.5, 0.6) is 23.0 Å². The first-order valence-corrected chi connectivity index (χ1v) is 37.5. The van der Waals surface area contributed by atoms with Gasteiger partial charge in [0.2, 0.25) is 5.82 Å². The Hall–Kier alpha value is -12.8. The molecule has 0 aliphatic heterocycles. The minimum Gasteiger partial charge on any atom is -0.457 e. The molecule has 0 heterocycles. The fourth-order valence-electron chi connectivity index (χ4n) is 19.2. The zero-order valence-corrected chi connectivity index (χ0v) is 62.3. The summed E-state index contributed by atoms with van der Waals surface area (Å²) in [6.45, 7) is 15.7. The van der Waals surface area contributed by atoms with E-state index in [9.17, 15) is 0 Å². The summed E-state index contributed by atoms with van der Waals surface area (Å²) in [5.41, 5.74) is 4.85. The van der Waals surface area contributed by atoms with Crippen LogP contribution in [0, 0.1) is 40.7 Å². The minimum atomic E-state index is -3.16. The molecule has 0 bridgehead atoms. The zero-order chi connectivity index (χ0) is 80.1. The summed E-state index contributed by atoms with van der Waals surface area (Å²) >= 11 is 0. The van der Waals surface area contributed by atoms with Gasteiger partial charge in [0.05, 0.1) is 10.8 Å². The predicted octanol–water partition coefficient (Wildman–Crippen LogP) is 27.5. The van der Waals surface area contributed by atoms with Gasteiger partial charge < -0.3 is 19.3 Å². The standard InChI is InChI=1S/C99H68F12N2O2/c1-7-55-17-37-67(38-18-55)114-69-41-25-59(26-42-69)98(57-21-29-61(100)30-22-57)75-15-11-9-13-71(75)73-45-33-63(49-79(73)98)112(93-89(108)85(104)83(102)86(105)90(93)109)65-35-47-77-81(51-65)97(53-95(77,3)4)54-96(5,6)78-48-36-66(52-82(78)97)113(94-91(110)87(106)84(103)88(107)92(94)111)64-34-46-74-72-14-10-12-16-76(72)99(80(74)50-64,58-23-31-62(101)32-24-58)60-27-43-70(44-28-60)115-68-39-19-56(8-2)20-40-68/h7-52,89,93H,1-2,53-54H2,3-6H3. The van der Waals surface area contributed by atoms with Gasteiger partial charge in [0.25, 0.3) is 0 Å². The Bertz CT molecular complexity index is 6220. The van der Waals surface area contributed by atoms with Crippen molar-refractivity contribution in [2.45, 2.75) is 79.8 Å². The van der Waals surface area contributed by atoms with E-state index in [2.05, 4.69) is 13.2 Å². The van der Waals surface area contributed by atoms with Crippen molar-refractivity contribution in [2.24, 2.45) is 0 Å². The molecule has 570 valence electrons. The largest absolute Gasteiger partial charge is 0.457 e. The highest BCUT2D eigenvalue weighted by atomic mass is 19.2. The van der Waals surface area contributed by atoms with Gasteiger partial charge >= 0.3 is 0 Å². The normalized spacial score (nSPS) is 19.7. The van der Waals surface area contributed by atoms with E-state index in [1.165, 1.54) is 30.3 Å². The molecule has 5 unspecified atom stereocenters. The van der Waals surface area contributed by atoms with Crippen molar-refractivity contribution in [3.63, 3.8) is 0 Å². The van der Waals surface area contributed by atoms with Crippen molar-refractivity contribution in [2.75, 3.05) is 9.80 Å². The van der Waals surface area contributed by atoms with E-state index in [4.69, 9.17) is 9.47 Å². The number of allylic oxidation sites excluding steroid dienone is 2. The monoisotopic (exact) mass is 1540 g/mol. The molecule has 13 aromatic carbocycles. The molecule has 5 aliphatic carbocycles. The summed E-state index contributed by atoms with van der Waals surface area (Å²) in [7, 11) is 0. The van der Waals surface area contributed by atoms with Gasteiger partial charge in [-0.15, -0.1) is 0 Å². The lowest BCUT2D eigenvalue weighted by molar-refractivity contribution is 0.246. The summed E-state index contributed by atoms with van der Waals surface area (Å²) in [4.78, 5) is 2.12. The van der Waals surface area contributed by atoms with E-state index in [0.29, 0.717) is 84.2 Å². The first kappa shape index (κ1) is 73.6. The third kappa shape index (κ3) is 11.3. The maximum absolute atomic E-state index is 17.6. The average molecular weight is 1550 g/mol. The first-order valence-electron chi connectivity index (χ1n) is 37.5. The third-order valence-electron chi connectivity index (χ3n) is 24.0. The molecule has 0 amide bonds. The van der Waals surface area contributed by atoms with Crippen molar-refractivity contribution >= 4 is 40.6 Å². The number of ether oxygens (including phenoxy) is 2. The van der Waals surface area contributed by atoms with E-state index in [-0.39, 0.29) is 35.6 Å². The molecule has 13 aromatic rings. The summed E-state index contributed by atoms with van der Waals surface area (Å²) in [5.74, 6) is -18.9. The smallest absolute Gasteiger partial charge is 0.200 e. The van der Waals surface area contributed by atoms with Crippen LogP contribution in [0.4, 0.5) is 81.1 Å². The highest BCUT2D eigenvalue weighted by Crippen LogP contribution is 2.66. The Labute approximate surface area is 656 Å². The Morgan fingerprint density at radius 2 is 0.670 bits per heavy atom. The number of anilines is 5. The number of benzene rings is 13. The lowest BCUT2D eigenvalue weighted by Crippen LogP contribution is -2.42. The van der Waals surface area contributed by atoms with E-state index in [0.717, 1.165) is 48.7 Å². The molecule has 5 aliphatic rings. The van der Waals surface area contributed by atoms with E-state index in [1.807, 2.05) is 125 Å². The molecular formula is C99H68F12N2O2. The lowest BCUT2D eigenvalue weighted by Gasteiger charge is -2.38. The van der Waals surface area contributed by atoms with Crippen molar-refractivity contribution in [3.8, 4) is 45.3 Å².